The summed E-state index contributed by atoms with van der Waals surface area (Å²) in [4.78, 5) is 17.1. The summed E-state index contributed by atoms with van der Waals surface area (Å²) in [5, 5.41) is 0. The van der Waals surface area contributed by atoms with E-state index < -0.39 is 11.8 Å². The van der Waals surface area contributed by atoms with Crippen LogP contribution in [0.1, 0.15) is 37.7 Å². The largest absolute Gasteiger partial charge is 0.344 e. The molecule has 3 heterocycles. The second kappa shape index (κ2) is 6.98. The minimum absolute atomic E-state index is 0.304. The molecule has 29 heavy (non-hydrogen) atoms. The Morgan fingerprint density at radius 1 is 1.10 bits per heavy atom. The van der Waals surface area contributed by atoms with Gasteiger partial charge in [0.25, 0.3) is 0 Å². The number of ether oxygens (including phenoxy) is 2. The number of nitrogens with zero attached hydrogens (tertiary/aromatic N) is 3. The fraction of sp³-hybridized carbons (Fsp3) is 0.333. The molecule has 0 bridgehead atoms. The van der Waals surface area contributed by atoms with Crippen LogP contribution >= 0.6 is 0 Å². The Morgan fingerprint density at radius 3 is 2.52 bits per heavy atom. The Hall–Kier alpha value is -2.68. The van der Waals surface area contributed by atoms with Gasteiger partial charge in [-0.15, -0.1) is 0 Å². The van der Waals surface area contributed by atoms with E-state index in [1.54, 1.807) is 18.3 Å². The summed E-state index contributed by atoms with van der Waals surface area (Å²) in [5.41, 5.74) is 8.38. The Labute approximate surface area is 167 Å². The SMILES string of the molecule is CC1(N)COC(c2nc(-c3ccc(F)cc3)c(-c3ccnc([C]4CC4)n3)[nH]2)OC1. The van der Waals surface area contributed by atoms with Crippen molar-refractivity contribution < 1.29 is 13.9 Å². The number of H-pyrrole nitrogens is 1. The molecule has 3 N–H and O–H groups in total. The molecule has 2 aliphatic rings. The smallest absolute Gasteiger partial charge is 0.217 e. The highest BCUT2D eigenvalue weighted by atomic mass is 19.1. The number of hydrogen-bond acceptors (Lipinski definition) is 6. The summed E-state index contributed by atoms with van der Waals surface area (Å²) in [6.07, 6.45) is 3.15. The van der Waals surface area contributed by atoms with E-state index in [-0.39, 0.29) is 5.82 Å². The Balaban J connectivity index is 1.56. The van der Waals surface area contributed by atoms with Crippen LogP contribution in [0.15, 0.2) is 36.5 Å². The zero-order chi connectivity index (χ0) is 20.0. The molecule has 2 fully saturated rings. The quantitative estimate of drug-likeness (QED) is 0.705. The normalized spacial score (nSPS) is 24.6. The zero-order valence-electron chi connectivity index (χ0n) is 16.0. The molecule has 1 radical (unpaired) electrons. The molecule has 8 heteroatoms. The number of imidazole rings is 1. The molecule has 0 amide bonds. The first-order valence-corrected chi connectivity index (χ1v) is 9.55. The fourth-order valence-corrected chi connectivity index (χ4v) is 3.24. The van der Waals surface area contributed by atoms with E-state index in [9.17, 15) is 4.39 Å². The van der Waals surface area contributed by atoms with Gasteiger partial charge in [0.05, 0.1) is 35.8 Å². The van der Waals surface area contributed by atoms with Crippen molar-refractivity contribution >= 4 is 0 Å². The van der Waals surface area contributed by atoms with Crippen molar-refractivity contribution in [3.8, 4) is 22.6 Å². The average molecular weight is 394 g/mol. The monoisotopic (exact) mass is 394 g/mol. The highest BCUT2D eigenvalue weighted by molar-refractivity contribution is 5.76. The molecular formula is C21H21FN5O2. The van der Waals surface area contributed by atoms with Crippen molar-refractivity contribution in [2.24, 2.45) is 5.73 Å². The molecule has 0 atom stereocenters. The first-order chi connectivity index (χ1) is 14.0. The van der Waals surface area contributed by atoms with Gasteiger partial charge in [0.15, 0.2) is 5.82 Å². The number of aromatic amines is 1. The number of halogens is 1. The van der Waals surface area contributed by atoms with Gasteiger partial charge in [-0.1, -0.05) is 0 Å². The molecule has 0 unspecified atom stereocenters. The van der Waals surface area contributed by atoms with E-state index in [2.05, 4.69) is 9.97 Å². The Morgan fingerprint density at radius 2 is 1.83 bits per heavy atom. The summed E-state index contributed by atoms with van der Waals surface area (Å²) in [7, 11) is 0. The molecule has 7 nitrogen and oxygen atoms in total. The number of nitrogens with one attached hydrogen (secondary N) is 1. The van der Waals surface area contributed by atoms with Crippen molar-refractivity contribution in [1.82, 2.24) is 19.9 Å². The van der Waals surface area contributed by atoms with E-state index in [1.165, 1.54) is 18.1 Å². The predicted octanol–water partition coefficient (Wildman–Crippen LogP) is 3.15. The molecule has 149 valence electrons. The topological polar surface area (TPSA) is 98.9 Å². The van der Waals surface area contributed by atoms with E-state index >= 15 is 0 Å². The third-order valence-corrected chi connectivity index (χ3v) is 4.92. The summed E-state index contributed by atoms with van der Waals surface area (Å²) < 4.78 is 25.0. The van der Waals surface area contributed by atoms with Crippen LogP contribution in [-0.2, 0) is 9.47 Å². The van der Waals surface area contributed by atoms with E-state index in [1.807, 2.05) is 13.0 Å². The third-order valence-electron chi connectivity index (χ3n) is 4.92. The van der Waals surface area contributed by atoms with Crippen molar-refractivity contribution in [2.75, 3.05) is 13.2 Å². The molecule has 2 aromatic heterocycles. The van der Waals surface area contributed by atoms with E-state index in [0.29, 0.717) is 36.1 Å². The molecule has 3 aromatic rings. The lowest BCUT2D eigenvalue weighted by atomic mass is 10.1. The van der Waals surface area contributed by atoms with Crippen LogP contribution in [0.25, 0.3) is 22.6 Å². The maximum absolute atomic E-state index is 13.4. The first-order valence-electron chi connectivity index (χ1n) is 9.55. The highest BCUT2D eigenvalue weighted by Crippen LogP contribution is 2.38. The fourth-order valence-electron chi connectivity index (χ4n) is 3.24. The van der Waals surface area contributed by atoms with Crippen LogP contribution in [0.2, 0.25) is 0 Å². The number of rotatable bonds is 4. The van der Waals surface area contributed by atoms with Crippen molar-refractivity contribution in [3.05, 3.63) is 59.9 Å². The van der Waals surface area contributed by atoms with Crippen LogP contribution in [-0.4, -0.2) is 38.7 Å². The number of hydrogen-bond donors (Lipinski definition) is 2. The number of nitrogens with two attached hydrogens (primary N) is 1. The van der Waals surface area contributed by atoms with E-state index in [0.717, 1.165) is 24.2 Å². The highest BCUT2D eigenvalue weighted by Gasteiger charge is 2.33. The molecule has 1 saturated heterocycles. The van der Waals surface area contributed by atoms with Gasteiger partial charge >= 0.3 is 0 Å². The van der Waals surface area contributed by atoms with Gasteiger partial charge in [0.1, 0.15) is 11.6 Å². The lowest BCUT2D eigenvalue weighted by Crippen LogP contribution is -2.50. The van der Waals surface area contributed by atoms with Crippen LogP contribution < -0.4 is 5.73 Å². The van der Waals surface area contributed by atoms with Crippen molar-refractivity contribution in [2.45, 2.75) is 31.6 Å². The van der Waals surface area contributed by atoms with Gasteiger partial charge in [-0.25, -0.2) is 19.3 Å². The minimum Gasteiger partial charge on any atom is -0.344 e. The van der Waals surface area contributed by atoms with Crippen molar-refractivity contribution in [1.29, 1.82) is 0 Å². The third kappa shape index (κ3) is 3.78. The second-order valence-corrected chi connectivity index (χ2v) is 7.83. The van der Waals surface area contributed by atoms with Gasteiger partial charge < -0.3 is 20.2 Å². The van der Waals surface area contributed by atoms with Crippen LogP contribution in [0.4, 0.5) is 4.39 Å². The first kappa shape index (κ1) is 18.4. The van der Waals surface area contributed by atoms with Gasteiger partial charge in [-0.2, -0.15) is 0 Å². The van der Waals surface area contributed by atoms with Crippen molar-refractivity contribution in [3.63, 3.8) is 0 Å². The van der Waals surface area contributed by atoms with Crippen LogP contribution in [0.5, 0.6) is 0 Å². The maximum atomic E-state index is 13.4. The molecule has 1 aromatic carbocycles. The molecular weight excluding hydrogens is 373 g/mol. The zero-order valence-corrected chi connectivity index (χ0v) is 16.0. The summed E-state index contributed by atoms with van der Waals surface area (Å²) >= 11 is 0. The summed E-state index contributed by atoms with van der Waals surface area (Å²) in [6.45, 7) is 2.59. The Bertz CT molecular complexity index is 1020. The molecule has 1 aliphatic carbocycles. The van der Waals surface area contributed by atoms with E-state index in [4.69, 9.17) is 25.2 Å². The van der Waals surface area contributed by atoms with Gasteiger partial charge in [-0.05, 0) is 50.1 Å². The summed E-state index contributed by atoms with van der Waals surface area (Å²) in [6, 6.07) is 8.03. The van der Waals surface area contributed by atoms with Gasteiger partial charge in [-0.3, -0.25) is 0 Å². The molecule has 1 aliphatic heterocycles. The number of aromatic nitrogens is 4. The Kier molecular flexibility index (Phi) is 4.42. The van der Waals surface area contributed by atoms with Gasteiger partial charge in [0, 0.05) is 17.7 Å². The van der Waals surface area contributed by atoms with Crippen LogP contribution in [0.3, 0.4) is 0 Å². The maximum Gasteiger partial charge on any atom is 0.217 e. The second-order valence-electron chi connectivity index (χ2n) is 7.83. The lowest BCUT2D eigenvalue weighted by molar-refractivity contribution is -0.211. The molecule has 5 rings (SSSR count). The van der Waals surface area contributed by atoms with Gasteiger partial charge in [0.2, 0.25) is 6.29 Å². The predicted molar refractivity (Wildman–Crippen MR) is 104 cm³/mol. The minimum atomic E-state index is -0.654. The summed E-state index contributed by atoms with van der Waals surface area (Å²) in [5.74, 6) is 2.22. The average Bonchev–Trinajstić information content (AvgIpc) is 3.48. The molecule has 1 saturated carbocycles. The number of benzene rings is 1. The lowest BCUT2D eigenvalue weighted by Gasteiger charge is -2.33. The standard InChI is InChI=1S/C21H21FN5O2/c1-21(23)10-28-20(29-11-21)19-26-16(12-4-6-14(22)7-5-12)17(27-19)15-8-9-24-18(25-15)13-2-3-13/h4-9,20H,2-3,10-11,23H2,1H3,(H,26,27). The van der Waals surface area contributed by atoms with Crippen LogP contribution in [0, 0.1) is 11.7 Å². The molecule has 0 spiro atoms.